The van der Waals surface area contributed by atoms with Crippen LogP contribution in [0.4, 0.5) is 13.2 Å². The molecule has 3 aromatic rings. The number of nitrogens with one attached hydrogen (secondary N) is 1. The van der Waals surface area contributed by atoms with E-state index in [1.807, 2.05) is 13.8 Å². The van der Waals surface area contributed by atoms with E-state index in [2.05, 4.69) is 25.6 Å². The van der Waals surface area contributed by atoms with Crippen LogP contribution in [0.5, 0.6) is 0 Å². The fourth-order valence-electron chi connectivity index (χ4n) is 3.07. The average Bonchev–Trinajstić information content (AvgIpc) is 3.17. The Morgan fingerprint density at radius 1 is 1.31 bits per heavy atom. The van der Waals surface area contributed by atoms with E-state index in [-0.39, 0.29) is 23.0 Å². The summed E-state index contributed by atoms with van der Waals surface area (Å²) in [6.07, 6.45) is -2.42. The van der Waals surface area contributed by atoms with Crippen LogP contribution in [0.25, 0.3) is 17.2 Å². The molecule has 1 saturated carbocycles. The summed E-state index contributed by atoms with van der Waals surface area (Å²) in [5.41, 5.74) is 1.01. The van der Waals surface area contributed by atoms with Crippen LogP contribution >= 0.6 is 0 Å². The molecule has 0 aliphatic heterocycles. The normalized spacial score (nSPS) is 15.8. The molecule has 0 unspecified atom stereocenters. The van der Waals surface area contributed by atoms with Crippen molar-refractivity contribution in [3.8, 4) is 11.6 Å². The Morgan fingerprint density at radius 2 is 2.03 bits per heavy atom. The first-order valence-corrected chi connectivity index (χ1v) is 9.22. The first-order valence-electron chi connectivity index (χ1n) is 9.22. The number of carbonyl (C=O) groups is 1. The largest absolute Gasteiger partial charge is 0.419 e. The van der Waals surface area contributed by atoms with E-state index in [0.717, 1.165) is 0 Å². The predicted octanol–water partition coefficient (Wildman–Crippen LogP) is 3.28. The maximum Gasteiger partial charge on any atom is 0.408 e. The molecule has 1 aliphatic rings. The fraction of sp³-hybridized carbons (Fsp3) is 0.500. The van der Waals surface area contributed by atoms with E-state index in [9.17, 15) is 18.0 Å². The van der Waals surface area contributed by atoms with Crippen molar-refractivity contribution in [3.63, 3.8) is 0 Å². The summed E-state index contributed by atoms with van der Waals surface area (Å²) in [4.78, 5) is 17.0. The number of aryl methyl sites for hydroxylation is 1. The summed E-state index contributed by atoms with van der Waals surface area (Å²) < 4.78 is 46.8. The molecule has 1 fully saturated rings. The molecule has 0 saturated heterocycles. The third-order valence-electron chi connectivity index (χ3n) is 4.78. The number of fused-ring (bicyclic) bond motifs is 1. The number of amides is 1. The van der Waals surface area contributed by atoms with Crippen LogP contribution in [-0.4, -0.2) is 42.9 Å². The van der Waals surface area contributed by atoms with E-state index in [1.54, 1.807) is 13.0 Å². The predicted molar refractivity (Wildman–Crippen MR) is 95.1 cm³/mol. The molecule has 29 heavy (non-hydrogen) atoms. The molecule has 8 nitrogen and oxygen atoms in total. The Labute approximate surface area is 163 Å². The summed E-state index contributed by atoms with van der Waals surface area (Å²) in [6.45, 7) is 5.53. The van der Waals surface area contributed by atoms with Gasteiger partial charge in [0.15, 0.2) is 5.65 Å². The van der Waals surface area contributed by atoms with Gasteiger partial charge in [0.2, 0.25) is 5.89 Å². The van der Waals surface area contributed by atoms with Gasteiger partial charge in [-0.2, -0.15) is 18.3 Å². The molecule has 3 aromatic heterocycles. The third-order valence-corrected chi connectivity index (χ3v) is 4.78. The van der Waals surface area contributed by atoms with Gasteiger partial charge in [-0.15, -0.1) is 10.2 Å². The monoisotopic (exact) mass is 408 g/mol. The molecule has 0 aromatic carbocycles. The topological polar surface area (TPSA) is 98.2 Å². The van der Waals surface area contributed by atoms with Crippen LogP contribution in [0.3, 0.4) is 0 Å². The third kappa shape index (κ3) is 3.68. The molecule has 0 spiro atoms. The van der Waals surface area contributed by atoms with Gasteiger partial charge in [-0.05, 0) is 31.7 Å². The van der Waals surface area contributed by atoms with Crippen molar-refractivity contribution >= 4 is 11.6 Å². The van der Waals surface area contributed by atoms with Gasteiger partial charge in [0.25, 0.3) is 11.8 Å². The van der Waals surface area contributed by atoms with E-state index in [4.69, 9.17) is 4.42 Å². The first-order chi connectivity index (χ1) is 13.6. The second kappa shape index (κ2) is 6.82. The molecular formula is C18H19F3N6O2. The minimum absolute atomic E-state index is 0.0270. The molecule has 11 heteroatoms. The summed E-state index contributed by atoms with van der Waals surface area (Å²) in [5.74, 6) is -0.828. The van der Waals surface area contributed by atoms with Crippen molar-refractivity contribution in [1.29, 1.82) is 0 Å². The number of halogens is 3. The molecule has 154 valence electrons. The van der Waals surface area contributed by atoms with Crippen LogP contribution in [0.2, 0.25) is 0 Å². The Balaban J connectivity index is 1.70. The van der Waals surface area contributed by atoms with Crippen LogP contribution in [0, 0.1) is 12.8 Å². The Morgan fingerprint density at radius 3 is 2.62 bits per heavy atom. The number of hydrogen-bond donors (Lipinski definition) is 1. The summed E-state index contributed by atoms with van der Waals surface area (Å²) in [6, 6.07) is -0.221. The van der Waals surface area contributed by atoms with E-state index >= 15 is 0 Å². The van der Waals surface area contributed by atoms with Gasteiger partial charge in [-0.1, -0.05) is 13.8 Å². The molecular weight excluding hydrogens is 389 g/mol. The molecule has 1 aliphatic carbocycles. The van der Waals surface area contributed by atoms with Crippen molar-refractivity contribution < 1.29 is 22.4 Å². The molecule has 4 rings (SSSR count). The lowest BCUT2D eigenvalue weighted by atomic mass is 10.1. The van der Waals surface area contributed by atoms with Gasteiger partial charge < -0.3 is 9.73 Å². The van der Waals surface area contributed by atoms with E-state index in [1.165, 1.54) is 10.7 Å². The number of carbonyl (C=O) groups excluding carboxylic acids is 1. The van der Waals surface area contributed by atoms with Crippen LogP contribution in [0.1, 0.15) is 54.5 Å². The number of alkyl halides is 3. The minimum atomic E-state index is -4.51. The second-order valence-corrected chi connectivity index (χ2v) is 7.51. The summed E-state index contributed by atoms with van der Waals surface area (Å²) in [5, 5.41) is 14.1. The smallest absolute Gasteiger partial charge is 0.408 e. The molecule has 3 heterocycles. The number of aromatic nitrogens is 5. The number of rotatable bonds is 5. The van der Waals surface area contributed by atoms with Crippen molar-refractivity contribution in [2.24, 2.45) is 5.92 Å². The highest BCUT2D eigenvalue weighted by molar-refractivity contribution is 6.00. The van der Waals surface area contributed by atoms with Gasteiger partial charge in [0, 0.05) is 11.6 Å². The zero-order valence-corrected chi connectivity index (χ0v) is 16.0. The molecule has 1 N–H and O–H groups in total. The van der Waals surface area contributed by atoms with Crippen LogP contribution < -0.4 is 5.32 Å². The van der Waals surface area contributed by atoms with E-state index < -0.39 is 24.0 Å². The maximum atomic E-state index is 13.3. The van der Waals surface area contributed by atoms with Crippen molar-refractivity contribution in [3.05, 3.63) is 29.4 Å². The molecule has 0 radical (unpaired) electrons. The van der Waals surface area contributed by atoms with Crippen LogP contribution in [0.15, 0.2) is 16.7 Å². The second-order valence-electron chi connectivity index (χ2n) is 7.51. The highest BCUT2D eigenvalue weighted by Crippen LogP contribution is 2.40. The lowest BCUT2D eigenvalue weighted by Crippen LogP contribution is -2.46. The maximum absolute atomic E-state index is 13.3. The van der Waals surface area contributed by atoms with Gasteiger partial charge in [-0.3, -0.25) is 4.79 Å². The molecule has 1 atom stereocenters. The highest BCUT2D eigenvalue weighted by Gasteiger charge is 2.49. The number of hydrogen-bond acceptors (Lipinski definition) is 6. The van der Waals surface area contributed by atoms with E-state index in [0.29, 0.717) is 30.1 Å². The van der Waals surface area contributed by atoms with Crippen molar-refractivity contribution in [2.45, 2.75) is 51.7 Å². The average molecular weight is 408 g/mol. The van der Waals surface area contributed by atoms with Crippen molar-refractivity contribution in [2.75, 3.05) is 0 Å². The van der Waals surface area contributed by atoms with Crippen molar-refractivity contribution in [1.82, 2.24) is 30.1 Å². The Bertz CT molecular complexity index is 1070. The fourth-order valence-corrected chi connectivity index (χ4v) is 3.07. The Kier molecular flexibility index (Phi) is 4.55. The van der Waals surface area contributed by atoms with Crippen LogP contribution in [-0.2, 0) is 0 Å². The quantitative estimate of drug-likeness (QED) is 0.696. The molecule has 1 amide bonds. The van der Waals surface area contributed by atoms with Gasteiger partial charge >= 0.3 is 6.18 Å². The Hall–Kier alpha value is -2.98. The van der Waals surface area contributed by atoms with Gasteiger partial charge in [-0.25, -0.2) is 9.50 Å². The number of nitrogens with zero attached hydrogens (tertiary/aromatic N) is 5. The SMILES string of the molecule is Cc1cc(-c2nnc(C(C)C)o2)nc2c(C(=O)N[C@@H](C3CC3)C(F)(F)F)cnn12. The lowest BCUT2D eigenvalue weighted by Gasteiger charge is -2.20. The van der Waals surface area contributed by atoms with Gasteiger partial charge in [0.05, 0.1) is 6.20 Å². The first kappa shape index (κ1) is 19.3. The molecule has 0 bridgehead atoms. The lowest BCUT2D eigenvalue weighted by molar-refractivity contribution is -0.158. The highest BCUT2D eigenvalue weighted by atomic mass is 19.4. The standard InChI is InChI=1S/C18H19F3N6O2/c1-8(2)16-25-26-17(29-16)12-6-9(3)27-14(23-12)11(7-22-27)15(28)24-13(10-4-5-10)18(19,20)21/h6-8,10,13H,4-5H2,1-3H3,(H,24,28)/t13-/m0/s1. The summed E-state index contributed by atoms with van der Waals surface area (Å²) >= 11 is 0. The van der Waals surface area contributed by atoms with Gasteiger partial charge in [0.1, 0.15) is 17.3 Å². The summed E-state index contributed by atoms with van der Waals surface area (Å²) in [7, 11) is 0. The zero-order chi connectivity index (χ0) is 20.9. The minimum Gasteiger partial charge on any atom is -0.419 e. The zero-order valence-electron chi connectivity index (χ0n) is 16.0.